The molecule has 0 unspecified atom stereocenters. The number of para-hydroxylation sites is 4. The van der Waals surface area contributed by atoms with Gasteiger partial charge in [-0.15, -0.1) is 0 Å². The van der Waals surface area contributed by atoms with E-state index in [0.717, 1.165) is 27.5 Å². The van der Waals surface area contributed by atoms with E-state index in [-0.39, 0.29) is 0 Å². The number of nitrogens with zero attached hydrogens (tertiary/aromatic N) is 6. The van der Waals surface area contributed by atoms with E-state index in [1.807, 2.05) is 36.4 Å². The number of fused-ring (bicyclic) bond motifs is 12. The Morgan fingerprint density at radius 3 is 1.55 bits per heavy atom. The number of rotatable bonds is 3. The van der Waals surface area contributed by atoms with E-state index >= 15 is 0 Å². The molecule has 0 atom stereocenters. The van der Waals surface area contributed by atoms with E-state index in [0.29, 0.717) is 17.6 Å². The van der Waals surface area contributed by atoms with E-state index in [2.05, 4.69) is 135 Å². The number of aromatic nitrogens is 6. The largest absolute Gasteiger partial charge is 0.305 e. The zero-order valence-corrected chi connectivity index (χ0v) is 27.2. The van der Waals surface area contributed by atoms with Crippen LogP contribution < -0.4 is 0 Å². The van der Waals surface area contributed by atoms with Crippen molar-refractivity contribution < 1.29 is 0 Å². The standard InChI is InChI=1S/C45H26N6/c1-3-14-27(15-4-1)43-46-44(28-16-5-2-6-17-28)48-45(47-43)50-36-24-12-9-20-32(36)39-38(50)26-33-30-19-8-10-22-34(30)49-37-25-13-21-31-29-18-7-11-23-35(29)51(40(31)37)42(39)41(33)49/h1-26H. The minimum atomic E-state index is 0.586. The van der Waals surface area contributed by atoms with Gasteiger partial charge in [0.05, 0.1) is 44.1 Å². The molecule has 0 aliphatic carbocycles. The highest BCUT2D eigenvalue weighted by atomic mass is 15.2. The fraction of sp³-hybridized carbons (Fsp3) is 0. The summed E-state index contributed by atoms with van der Waals surface area (Å²) < 4.78 is 7.24. The Hall–Kier alpha value is -7.05. The second-order valence-corrected chi connectivity index (χ2v) is 13.3. The quantitative estimate of drug-likeness (QED) is 0.179. The van der Waals surface area contributed by atoms with Crippen molar-refractivity contribution in [3.8, 4) is 28.7 Å². The Balaban J connectivity index is 1.34. The maximum atomic E-state index is 5.23. The molecule has 0 aliphatic rings. The van der Waals surface area contributed by atoms with Crippen molar-refractivity contribution in [2.75, 3.05) is 0 Å². The first-order valence-electron chi connectivity index (χ1n) is 17.2. The summed E-state index contributed by atoms with van der Waals surface area (Å²) in [7, 11) is 0. The molecule has 0 aliphatic heterocycles. The van der Waals surface area contributed by atoms with Crippen LogP contribution in [0.1, 0.15) is 0 Å². The first-order valence-corrected chi connectivity index (χ1v) is 17.2. The van der Waals surface area contributed by atoms with Crippen LogP contribution in [-0.2, 0) is 0 Å². The van der Waals surface area contributed by atoms with Crippen LogP contribution in [-0.4, -0.2) is 28.3 Å². The van der Waals surface area contributed by atoms with Crippen molar-refractivity contribution in [1.82, 2.24) is 28.3 Å². The smallest absolute Gasteiger partial charge is 0.238 e. The van der Waals surface area contributed by atoms with Crippen molar-refractivity contribution in [2.45, 2.75) is 0 Å². The molecular formula is C45H26N6. The highest BCUT2D eigenvalue weighted by Gasteiger charge is 2.26. The Labute approximate surface area is 290 Å². The van der Waals surface area contributed by atoms with Gasteiger partial charge in [-0.1, -0.05) is 127 Å². The molecule has 0 saturated heterocycles. The predicted octanol–water partition coefficient (Wildman–Crippen LogP) is 10.9. The summed E-state index contributed by atoms with van der Waals surface area (Å²) >= 11 is 0. The molecule has 236 valence electrons. The van der Waals surface area contributed by atoms with E-state index in [1.54, 1.807) is 0 Å². The normalized spacial score (nSPS) is 12.3. The lowest BCUT2D eigenvalue weighted by Gasteiger charge is -2.14. The van der Waals surface area contributed by atoms with Gasteiger partial charge in [-0.3, -0.25) is 4.57 Å². The van der Waals surface area contributed by atoms with Gasteiger partial charge in [-0.2, -0.15) is 9.97 Å². The first-order chi connectivity index (χ1) is 25.3. The SMILES string of the molecule is c1ccc(-c2nc(-c3ccccc3)nc(-n3c4ccccc4c4c3cc3c5ccccc5n5c6cccc7c8ccccc8n(c76)c4c35)n2)cc1. The Morgan fingerprint density at radius 1 is 0.333 bits per heavy atom. The lowest BCUT2D eigenvalue weighted by molar-refractivity contribution is 0.954. The van der Waals surface area contributed by atoms with Crippen LogP contribution in [0.3, 0.4) is 0 Å². The minimum absolute atomic E-state index is 0.586. The summed E-state index contributed by atoms with van der Waals surface area (Å²) in [6.07, 6.45) is 0. The highest BCUT2D eigenvalue weighted by molar-refractivity contribution is 6.31. The molecule has 5 aromatic heterocycles. The van der Waals surface area contributed by atoms with Gasteiger partial charge < -0.3 is 8.80 Å². The summed E-state index contributed by atoms with van der Waals surface area (Å²) in [5.41, 5.74) is 11.2. The lowest BCUT2D eigenvalue weighted by atomic mass is 10.1. The average Bonchev–Trinajstić information content (AvgIpc) is 3.84. The third kappa shape index (κ3) is 3.48. The second kappa shape index (κ2) is 9.77. The van der Waals surface area contributed by atoms with Crippen LogP contribution in [0.2, 0.25) is 0 Å². The monoisotopic (exact) mass is 650 g/mol. The molecule has 12 rings (SSSR count). The zero-order valence-electron chi connectivity index (χ0n) is 27.2. The summed E-state index contributed by atoms with van der Waals surface area (Å²) in [4.78, 5) is 15.5. The minimum Gasteiger partial charge on any atom is -0.305 e. The van der Waals surface area contributed by atoms with E-state index in [9.17, 15) is 0 Å². The second-order valence-electron chi connectivity index (χ2n) is 13.3. The van der Waals surface area contributed by atoms with Gasteiger partial charge in [0.25, 0.3) is 0 Å². The molecule has 0 N–H and O–H groups in total. The van der Waals surface area contributed by atoms with Gasteiger partial charge in [0.1, 0.15) is 0 Å². The zero-order chi connectivity index (χ0) is 33.2. The Morgan fingerprint density at radius 2 is 0.863 bits per heavy atom. The lowest BCUT2D eigenvalue weighted by Crippen LogP contribution is -2.06. The van der Waals surface area contributed by atoms with Crippen LogP contribution in [0.4, 0.5) is 0 Å². The van der Waals surface area contributed by atoms with Gasteiger partial charge in [0, 0.05) is 43.4 Å². The van der Waals surface area contributed by atoms with Crippen LogP contribution in [0, 0.1) is 0 Å². The molecule has 12 aromatic rings. The van der Waals surface area contributed by atoms with E-state index in [4.69, 9.17) is 15.0 Å². The number of hydrogen-bond acceptors (Lipinski definition) is 3. The topological polar surface area (TPSA) is 52.4 Å². The molecule has 0 bridgehead atoms. The van der Waals surface area contributed by atoms with Crippen LogP contribution in [0.15, 0.2) is 158 Å². The van der Waals surface area contributed by atoms with Crippen molar-refractivity contribution in [2.24, 2.45) is 0 Å². The molecule has 0 spiro atoms. The number of hydrogen-bond donors (Lipinski definition) is 0. The van der Waals surface area contributed by atoms with Crippen molar-refractivity contribution in [1.29, 1.82) is 0 Å². The molecule has 51 heavy (non-hydrogen) atoms. The fourth-order valence-electron chi connectivity index (χ4n) is 8.54. The van der Waals surface area contributed by atoms with E-state index in [1.165, 1.54) is 60.0 Å². The predicted molar refractivity (Wildman–Crippen MR) is 208 cm³/mol. The summed E-state index contributed by atoms with van der Waals surface area (Å²) in [6, 6.07) is 55.7. The van der Waals surface area contributed by atoms with Gasteiger partial charge in [0.15, 0.2) is 11.6 Å². The maximum absolute atomic E-state index is 5.23. The van der Waals surface area contributed by atoms with Gasteiger partial charge in [-0.05, 0) is 30.3 Å². The van der Waals surface area contributed by atoms with E-state index < -0.39 is 0 Å². The third-order valence-corrected chi connectivity index (χ3v) is 10.6. The summed E-state index contributed by atoms with van der Waals surface area (Å²) in [5, 5.41) is 7.22. The molecule has 0 saturated carbocycles. The van der Waals surface area contributed by atoms with Gasteiger partial charge >= 0.3 is 0 Å². The Bertz CT molecular complexity index is 3290. The summed E-state index contributed by atoms with van der Waals surface area (Å²) in [6.45, 7) is 0. The van der Waals surface area contributed by atoms with Gasteiger partial charge in [-0.25, -0.2) is 4.98 Å². The highest BCUT2D eigenvalue weighted by Crippen LogP contribution is 2.46. The van der Waals surface area contributed by atoms with Crippen LogP contribution in [0.25, 0.3) is 105 Å². The van der Waals surface area contributed by atoms with Crippen LogP contribution >= 0.6 is 0 Å². The molecule has 0 fully saturated rings. The van der Waals surface area contributed by atoms with Crippen LogP contribution in [0.5, 0.6) is 0 Å². The molecule has 5 heterocycles. The van der Waals surface area contributed by atoms with Crippen molar-refractivity contribution >= 4 is 76.5 Å². The molecule has 6 heteroatoms. The summed E-state index contributed by atoms with van der Waals surface area (Å²) in [5.74, 6) is 1.86. The maximum Gasteiger partial charge on any atom is 0.238 e. The molecular weight excluding hydrogens is 625 g/mol. The Kier molecular flexibility index (Phi) is 5.14. The molecule has 6 nitrogen and oxygen atoms in total. The number of benzene rings is 7. The van der Waals surface area contributed by atoms with Crippen molar-refractivity contribution in [3.63, 3.8) is 0 Å². The molecule has 7 aromatic carbocycles. The average molecular weight is 651 g/mol. The first kappa shape index (κ1) is 26.9. The van der Waals surface area contributed by atoms with Gasteiger partial charge in [0.2, 0.25) is 5.95 Å². The molecule has 0 amide bonds. The fourth-order valence-corrected chi connectivity index (χ4v) is 8.54. The van der Waals surface area contributed by atoms with Crippen molar-refractivity contribution in [3.05, 3.63) is 158 Å². The third-order valence-electron chi connectivity index (χ3n) is 10.6. The molecule has 0 radical (unpaired) electrons.